The maximum absolute atomic E-state index is 10.3. The van der Waals surface area contributed by atoms with Crippen molar-refractivity contribution in [2.24, 2.45) is 0 Å². The molecule has 0 amide bonds. The molecule has 0 saturated carbocycles. The van der Waals surface area contributed by atoms with E-state index in [4.69, 9.17) is 21.8 Å². The standard InChI is InChI=1S/C18H36O2.C4H8ClNO3/c1-2-3-4-5-6-7-8-9-10-11-12-13-14-15-16-17-18(19)20;1-2-4(5,3-7)6(8)9/h2-17H2,1H3,(H,19,20);7H,2-3H2,1H3. The van der Waals surface area contributed by atoms with Gasteiger partial charge in [-0.3, -0.25) is 14.9 Å². The molecule has 174 valence electrons. The lowest BCUT2D eigenvalue weighted by Gasteiger charge is -2.11. The fraction of sp³-hybridized carbons (Fsp3) is 0.955. The first kappa shape index (κ1) is 30.3. The molecule has 0 aliphatic carbocycles. The minimum absolute atomic E-state index is 0.123. The van der Waals surface area contributed by atoms with Crippen molar-refractivity contribution in [1.29, 1.82) is 0 Å². The summed E-state index contributed by atoms with van der Waals surface area (Å²) < 4.78 is 0. The van der Waals surface area contributed by atoms with Crippen LogP contribution in [0, 0.1) is 10.1 Å². The lowest BCUT2D eigenvalue weighted by molar-refractivity contribution is -0.545. The Kier molecular flexibility index (Phi) is 22.8. The molecule has 0 rings (SSSR count). The first-order chi connectivity index (χ1) is 13.8. The molecule has 0 aromatic rings. The van der Waals surface area contributed by atoms with E-state index in [1.807, 2.05) is 0 Å². The van der Waals surface area contributed by atoms with Crippen molar-refractivity contribution in [2.45, 2.75) is 128 Å². The van der Waals surface area contributed by atoms with Gasteiger partial charge in [-0.25, -0.2) is 0 Å². The molecule has 0 fully saturated rings. The molecular formula is C22H44ClNO5. The van der Waals surface area contributed by atoms with Crippen LogP contribution in [0.4, 0.5) is 0 Å². The molecule has 0 aromatic carbocycles. The van der Waals surface area contributed by atoms with E-state index in [1.165, 1.54) is 83.5 Å². The third-order valence-corrected chi connectivity index (χ3v) is 5.63. The van der Waals surface area contributed by atoms with Crippen LogP contribution >= 0.6 is 11.6 Å². The van der Waals surface area contributed by atoms with E-state index in [9.17, 15) is 14.9 Å². The van der Waals surface area contributed by atoms with Crippen LogP contribution in [-0.2, 0) is 4.79 Å². The summed E-state index contributed by atoms with van der Waals surface area (Å²) in [6, 6.07) is 0. The third-order valence-electron chi connectivity index (χ3n) is 5.11. The maximum atomic E-state index is 10.3. The molecule has 0 aromatic heterocycles. The van der Waals surface area contributed by atoms with Gasteiger partial charge in [0.15, 0.2) is 0 Å². The van der Waals surface area contributed by atoms with Gasteiger partial charge in [0.1, 0.15) is 6.61 Å². The highest BCUT2D eigenvalue weighted by molar-refractivity contribution is 6.22. The average Bonchev–Trinajstić information content (AvgIpc) is 2.70. The monoisotopic (exact) mass is 437 g/mol. The Morgan fingerprint density at radius 3 is 1.38 bits per heavy atom. The number of carboxylic acids is 1. The summed E-state index contributed by atoms with van der Waals surface area (Å²) in [4.78, 5) is 18.0. The topological polar surface area (TPSA) is 101 Å². The average molecular weight is 438 g/mol. The first-order valence-corrected chi connectivity index (χ1v) is 11.9. The number of unbranched alkanes of at least 4 members (excludes halogenated alkanes) is 14. The van der Waals surface area contributed by atoms with Crippen molar-refractivity contribution in [1.82, 2.24) is 0 Å². The van der Waals surface area contributed by atoms with Crippen molar-refractivity contribution in [2.75, 3.05) is 6.61 Å². The van der Waals surface area contributed by atoms with E-state index in [-0.39, 0.29) is 6.42 Å². The lowest BCUT2D eigenvalue weighted by Crippen LogP contribution is -2.34. The maximum Gasteiger partial charge on any atom is 0.317 e. The molecule has 0 saturated heterocycles. The number of alkyl halides is 1. The molecule has 7 heteroatoms. The molecule has 1 unspecified atom stereocenters. The number of carboxylic acid groups (broad SMARTS) is 1. The Labute approximate surface area is 182 Å². The van der Waals surface area contributed by atoms with Crippen molar-refractivity contribution >= 4 is 17.6 Å². The van der Waals surface area contributed by atoms with Gasteiger partial charge in [0, 0.05) is 17.8 Å². The number of hydrogen-bond donors (Lipinski definition) is 2. The Bertz CT molecular complexity index is 389. The van der Waals surface area contributed by atoms with Crippen LogP contribution in [0.25, 0.3) is 0 Å². The summed E-state index contributed by atoms with van der Waals surface area (Å²) in [5.74, 6) is -0.653. The first-order valence-electron chi connectivity index (χ1n) is 11.5. The van der Waals surface area contributed by atoms with Crippen LogP contribution in [0.2, 0.25) is 0 Å². The van der Waals surface area contributed by atoms with Gasteiger partial charge in [0.2, 0.25) is 0 Å². The lowest BCUT2D eigenvalue weighted by atomic mass is 10.0. The summed E-state index contributed by atoms with van der Waals surface area (Å²) in [6.45, 7) is 3.19. The molecule has 0 aliphatic heterocycles. The Hall–Kier alpha value is -0.880. The van der Waals surface area contributed by atoms with Gasteiger partial charge in [-0.05, 0) is 18.0 Å². The fourth-order valence-electron chi connectivity index (χ4n) is 2.95. The SMILES string of the molecule is CCC(Cl)(CO)[N+](=O)[O-].CCCCCCCCCCCCCCCCCC(=O)O. The Morgan fingerprint density at radius 1 is 0.828 bits per heavy atom. The van der Waals surface area contributed by atoms with Crippen LogP contribution in [0.5, 0.6) is 0 Å². The van der Waals surface area contributed by atoms with Crippen LogP contribution in [-0.4, -0.2) is 32.7 Å². The number of aliphatic carboxylic acids is 1. The molecule has 29 heavy (non-hydrogen) atoms. The highest BCUT2D eigenvalue weighted by atomic mass is 35.5. The largest absolute Gasteiger partial charge is 0.481 e. The van der Waals surface area contributed by atoms with Crippen LogP contribution in [0.3, 0.4) is 0 Å². The second kappa shape index (κ2) is 21.8. The number of rotatable bonds is 19. The predicted molar refractivity (Wildman–Crippen MR) is 120 cm³/mol. The molecule has 0 spiro atoms. The molecular weight excluding hydrogens is 394 g/mol. The molecule has 0 radical (unpaired) electrons. The number of halogens is 1. The molecule has 2 N–H and O–H groups in total. The molecule has 6 nitrogen and oxygen atoms in total. The van der Waals surface area contributed by atoms with E-state index in [2.05, 4.69) is 6.92 Å². The normalized spacial score (nSPS) is 12.7. The van der Waals surface area contributed by atoms with Crippen molar-refractivity contribution in [3.8, 4) is 0 Å². The molecule has 0 heterocycles. The van der Waals surface area contributed by atoms with Crippen molar-refractivity contribution in [3.63, 3.8) is 0 Å². The number of nitro groups is 1. The number of hydrogen-bond acceptors (Lipinski definition) is 4. The number of aliphatic hydroxyl groups excluding tert-OH is 1. The smallest absolute Gasteiger partial charge is 0.317 e. The highest BCUT2D eigenvalue weighted by Crippen LogP contribution is 2.18. The van der Waals surface area contributed by atoms with E-state index in [1.54, 1.807) is 6.92 Å². The summed E-state index contributed by atoms with van der Waals surface area (Å²) in [5, 5.41) is 26.9. The van der Waals surface area contributed by atoms with Gasteiger partial charge >= 0.3 is 11.0 Å². The Balaban J connectivity index is 0. The predicted octanol–water partition coefficient (Wildman–Crippen LogP) is 6.93. The summed E-state index contributed by atoms with van der Waals surface area (Å²) in [7, 11) is 0. The zero-order valence-corrected chi connectivity index (χ0v) is 19.4. The van der Waals surface area contributed by atoms with Gasteiger partial charge in [0.25, 0.3) is 0 Å². The van der Waals surface area contributed by atoms with Crippen LogP contribution < -0.4 is 0 Å². The van der Waals surface area contributed by atoms with Gasteiger partial charge < -0.3 is 10.2 Å². The third kappa shape index (κ3) is 21.6. The van der Waals surface area contributed by atoms with Gasteiger partial charge in [-0.15, -0.1) is 0 Å². The zero-order chi connectivity index (χ0) is 22.4. The fourth-order valence-corrected chi connectivity index (χ4v) is 2.95. The highest BCUT2D eigenvalue weighted by Gasteiger charge is 2.37. The van der Waals surface area contributed by atoms with E-state index < -0.39 is 22.5 Å². The van der Waals surface area contributed by atoms with Gasteiger partial charge in [0.05, 0.1) is 0 Å². The van der Waals surface area contributed by atoms with E-state index >= 15 is 0 Å². The van der Waals surface area contributed by atoms with E-state index in [0.717, 1.165) is 12.8 Å². The quantitative estimate of drug-likeness (QED) is 0.0749. The summed E-state index contributed by atoms with van der Waals surface area (Å²) in [6.07, 6.45) is 20.3. The second-order valence-electron chi connectivity index (χ2n) is 7.78. The number of aliphatic hydroxyl groups is 1. The van der Waals surface area contributed by atoms with Crippen molar-refractivity contribution in [3.05, 3.63) is 10.1 Å². The minimum atomic E-state index is -1.67. The Morgan fingerprint density at radius 2 is 1.17 bits per heavy atom. The molecule has 1 atom stereocenters. The summed E-state index contributed by atoms with van der Waals surface area (Å²) in [5.41, 5.74) is 0. The zero-order valence-electron chi connectivity index (χ0n) is 18.7. The molecule has 0 bridgehead atoms. The van der Waals surface area contributed by atoms with Gasteiger partial charge in [-0.1, -0.05) is 104 Å². The van der Waals surface area contributed by atoms with Crippen LogP contribution in [0.15, 0.2) is 0 Å². The summed E-state index contributed by atoms with van der Waals surface area (Å²) >= 11 is 5.29. The molecule has 0 aliphatic rings. The van der Waals surface area contributed by atoms with E-state index in [0.29, 0.717) is 6.42 Å². The number of carbonyl (C=O) groups is 1. The number of nitrogens with zero attached hydrogens (tertiary/aromatic N) is 1. The minimum Gasteiger partial charge on any atom is -0.481 e. The van der Waals surface area contributed by atoms with Gasteiger partial charge in [-0.2, -0.15) is 0 Å². The van der Waals surface area contributed by atoms with Crippen LogP contribution in [0.1, 0.15) is 123 Å². The second-order valence-corrected chi connectivity index (χ2v) is 8.48. The van der Waals surface area contributed by atoms with Crippen molar-refractivity contribution < 1.29 is 19.9 Å².